The first kappa shape index (κ1) is 13.5. The van der Waals surface area contributed by atoms with E-state index in [0.717, 1.165) is 5.56 Å². The molecule has 0 aliphatic heterocycles. The van der Waals surface area contributed by atoms with Gasteiger partial charge in [0.05, 0.1) is 0 Å². The Balaban J connectivity index is 2.46. The van der Waals surface area contributed by atoms with Crippen molar-refractivity contribution in [3.05, 3.63) is 35.4 Å². The van der Waals surface area contributed by atoms with Gasteiger partial charge in [0.15, 0.2) is 0 Å². The Morgan fingerprint density at radius 1 is 1.35 bits per heavy atom. The number of carbonyl (C=O) groups excluding carboxylic acids is 1. The van der Waals surface area contributed by atoms with Gasteiger partial charge < -0.3 is 10.6 Å². The zero-order valence-electron chi connectivity index (χ0n) is 10.3. The quantitative estimate of drug-likeness (QED) is 0.813. The van der Waals surface area contributed by atoms with Gasteiger partial charge in [0, 0.05) is 13.1 Å². The summed E-state index contributed by atoms with van der Waals surface area (Å²) in [6.07, 6.45) is 0. The summed E-state index contributed by atoms with van der Waals surface area (Å²) in [4.78, 5) is 11.2. The molecule has 0 aromatic heterocycles. The Bertz CT molecular complexity index is 366. The fourth-order valence-corrected chi connectivity index (χ4v) is 1.47. The summed E-state index contributed by atoms with van der Waals surface area (Å²) in [6.45, 7) is 4.22. The molecule has 0 saturated heterocycles. The SMILES string of the molecule is CC(C)c1cccc(CNC(=O)NCCF)c1. The number of nitrogens with one attached hydrogen (secondary N) is 2. The van der Waals surface area contributed by atoms with E-state index in [1.807, 2.05) is 12.1 Å². The van der Waals surface area contributed by atoms with Crippen molar-refractivity contribution < 1.29 is 9.18 Å². The number of rotatable bonds is 5. The number of urea groups is 1. The molecule has 0 heterocycles. The third-order valence-electron chi connectivity index (χ3n) is 2.45. The van der Waals surface area contributed by atoms with E-state index < -0.39 is 6.67 Å². The molecular formula is C13H19FN2O. The highest BCUT2D eigenvalue weighted by Gasteiger charge is 2.02. The van der Waals surface area contributed by atoms with Crippen molar-refractivity contribution in [3.63, 3.8) is 0 Å². The number of amides is 2. The summed E-state index contributed by atoms with van der Waals surface area (Å²) in [5.41, 5.74) is 2.29. The lowest BCUT2D eigenvalue weighted by atomic mass is 10.0. The molecule has 0 spiro atoms. The molecule has 0 atom stereocenters. The van der Waals surface area contributed by atoms with Gasteiger partial charge >= 0.3 is 6.03 Å². The Hall–Kier alpha value is -1.58. The fourth-order valence-electron chi connectivity index (χ4n) is 1.47. The molecule has 4 heteroatoms. The zero-order chi connectivity index (χ0) is 12.7. The Labute approximate surface area is 101 Å². The van der Waals surface area contributed by atoms with Crippen molar-refractivity contribution in [1.29, 1.82) is 0 Å². The van der Waals surface area contributed by atoms with Crippen molar-refractivity contribution in [2.75, 3.05) is 13.2 Å². The highest BCUT2D eigenvalue weighted by atomic mass is 19.1. The van der Waals surface area contributed by atoms with Gasteiger partial charge in [-0.2, -0.15) is 0 Å². The number of carbonyl (C=O) groups is 1. The monoisotopic (exact) mass is 238 g/mol. The van der Waals surface area contributed by atoms with Crippen molar-refractivity contribution >= 4 is 6.03 Å². The second-order valence-corrected chi connectivity index (χ2v) is 4.20. The summed E-state index contributed by atoms with van der Waals surface area (Å²) in [5.74, 6) is 0.468. The van der Waals surface area contributed by atoms with Crippen molar-refractivity contribution in [3.8, 4) is 0 Å². The molecule has 1 aromatic rings. The second kappa shape index (κ2) is 6.89. The molecule has 0 fully saturated rings. The molecule has 0 aliphatic rings. The topological polar surface area (TPSA) is 41.1 Å². The molecule has 3 nitrogen and oxygen atoms in total. The van der Waals surface area contributed by atoms with Gasteiger partial charge in [-0.1, -0.05) is 38.1 Å². The lowest BCUT2D eigenvalue weighted by Crippen LogP contribution is -2.36. The van der Waals surface area contributed by atoms with Crippen LogP contribution < -0.4 is 10.6 Å². The largest absolute Gasteiger partial charge is 0.336 e. The van der Waals surface area contributed by atoms with Crippen molar-refractivity contribution in [1.82, 2.24) is 10.6 Å². The Morgan fingerprint density at radius 2 is 2.12 bits per heavy atom. The molecule has 17 heavy (non-hydrogen) atoms. The van der Waals surface area contributed by atoms with Gasteiger partial charge in [0.1, 0.15) is 6.67 Å². The van der Waals surface area contributed by atoms with Crippen LogP contribution in [0.3, 0.4) is 0 Å². The number of benzene rings is 1. The van der Waals surface area contributed by atoms with Crippen LogP contribution in [0.5, 0.6) is 0 Å². The summed E-state index contributed by atoms with van der Waals surface area (Å²) in [7, 11) is 0. The van der Waals surface area contributed by atoms with E-state index in [2.05, 4.69) is 36.6 Å². The molecule has 0 unspecified atom stereocenters. The molecule has 94 valence electrons. The average molecular weight is 238 g/mol. The zero-order valence-corrected chi connectivity index (χ0v) is 10.3. The van der Waals surface area contributed by atoms with E-state index in [-0.39, 0.29) is 12.6 Å². The fraction of sp³-hybridized carbons (Fsp3) is 0.462. The third-order valence-corrected chi connectivity index (χ3v) is 2.45. The predicted molar refractivity (Wildman–Crippen MR) is 66.7 cm³/mol. The number of hydrogen-bond donors (Lipinski definition) is 2. The molecule has 2 N–H and O–H groups in total. The van der Waals surface area contributed by atoms with Crippen molar-refractivity contribution in [2.24, 2.45) is 0 Å². The Kier molecular flexibility index (Phi) is 5.46. The van der Waals surface area contributed by atoms with Crippen LogP contribution in [-0.4, -0.2) is 19.3 Å². The van der Waals surface area contributed by atoms with Crippen LogP contribution in [-0.2, 0) is 6.54 Å². The number of hydrogen-bond acceptors (Lipinski definition) is 1. The maximum atomic E-state index is 11.8. The molecular weight excluding hydrogens is 219 g/mol. The molecule has 1 rings (SSSR count). The van der Waals surface area contributed by atoms with Crippen LogP contribution in [0, 0.1) is 0 Å². The molecule has 0 radical (unpaired) electrons. The van der Waals surface area contributed by atoms with Crippen LogP contribution >= 0.6 is 0 Å². The highest BCUT2D eigenvalue weighted by Crippen LogP contribution is 2.15. The van der Waals surface area contributed by atoms with Crippen LogP contribution in [0.4, 0.5) is 9.18 Å². The van der Waals surface area contributed by atoms with E-state index in [1.54, 1.807) is 0 Å². The molecule has 0 aliphatic carbocycles. The van der Waals surface area contributed by atoms with E-state index in [4.69, 9.17) is 0 Å². The van der Waals surface area contributed by atoms with Crippen LogP contribution in [0.1, 0.15) is 30.9 Å². The summed E-state index contributed by atoms with van der Waals surface area (Å²) >= 11 is 0. The first-order chi connectivity index (χ1) is 8.13. The summed E-state index contributed by atoms with van der Waals surface area (Å²) in [6, 6.07) is 7.74. The summed E-state index contributed by atoms with van der Waals surface area (Å²) in [5, 5.41) is 5.10. The van der Waals surface area contributed by atoms with E-state index in [0.29, 0.717) is 12.5 Å². The standard InChI is InChI=1S/C13H19FN2O/c1-10(2)12-5-3-4-11(8-12)9-16-13(17)15-7-6-14/h3-5,8,10H,6-7,9H2,1-2H3,(H2,15,16,17). The van der Waals surface area contributed by atoms with E-state index in [9.17, 15) is 9.18 Å². The van der Waals surface area contributed by atoms with Gasteiger partial charge in [-0.25, -0.2) is 9.18 Å². The van der Waals surface area contributed by atoms with E-state index in [1.165, 1.54) is 5.56 Å². The first-order valence-corrected chi connectivity index (χ1v) is 5.80. The molecule has 0 bridgehead atoms. The Morgan fingerprint density at radius 3 is 2.76 bits per heavy atom. The van der Waals surface area contributed by atoms with Gasteiger partial charge in [-0.15, -0.1) is 0 Å². The van der Waals surface area contributed by atoms with E-state index >= 15 is 0 Å². The molecule has 0 saturated carbocycles. The predicted octanol–water partition coefficient (Wildman–Crippen LogP) is 2.58. The summed E-state index contributed by atoms with van der Waals surface area (Å²) < 4.78 is 11.8. The van der Waals surface area contributed by atoms with Crippen LogP contribution in [0.15, 0.2) is 24.3 Å². The molecule has 1 aromatic carbocycles. The lowest BCUT2D eigenvalue weighted by Gasteiger charge is -2.09. The minimum Gasteiger partial charge on any atom is -0.336 e. The number of alkyl halides is 1. The first-order valence-electron chi connectivity index (χ1n) is 5.80. The van der Waals surface area contributed by atoms with Gasteiger partial charge in [-0.05, 0) is 17.0 Å². The highest BCUT2D eigenvalue weighted by molar-refractivity contribution is 5.73. The normalized spacial score (nSPS) is 10.4. The second-order valence-electron chi connectivity index (χ2n) is 4.20. The van der Waals surface area contributed by atoms with Gasteiger partial charge in [0.25, 0.3) is 0 Å². The number of halogens is 1. The van der Waals surface area contributed by atoms with Gasteiger partial charge in [-0.3, -0.25) is 0 Å². The average Bonchev–Trinajstić information content (AvgIpc) is 2.34. The maximum absolute atomic E-state index is 11.8. The minimum absolute atomic E-state index is 0.0534. The van der Waals surface area contributed by atoms with Crippen LogP contribution in [0.25, 0.3) is 0 Å². The minimum atomic E-state index is -0.545. The third kappa shape index (κ3) is 4.85. The lowest BCUT2D eigenvalue weighted by molar-refractivity contribution is 0.239. The van der Waals surface area contributed by atoms with Gasteiger partial charge in [0.2, 0.25) is 0 Å². The smallest absolute Gasteiger partial charge is 0.315 e. The van der Waals surface area contributed by atoms with Crippen LogP contribution in [0.2, 0.25) is 0 Å². The van der Waals surface area contributed by atoms with Crippen molar-refractivity contribution in [2.45, 2.75) is 26.3 Å². The maximum Gasteiger partial charge on any atom is 0.315 e. The molecule has 2 amide bonds.